The summed E-state index contributed by atoms with van der Waals surface area (Å²) in [5.74, 6) is 0.632. The summed E-state index contributed by atoms with van der Waals surface area (Å²) in [6, 6.07) is 5.18. The number of carbonyl (C=O) groups is 1. The summed E-state index contributed by atoms with van der Waals surface area (Å²) in [5, 5.41) is 8.01. The number of aromatic nitrogens is 3. The highest BCUT2D eigenvalue weighted by atomic mass is 16.5. The van der Waals surface area contributed by atoms with E-state index in [1.54, 1.807) is 37.7 Å². The Bertz CT molecular complexity index is 506. The Hall–Kier alpha value is -2.17. The first-order valence-corrected chi connectivity index (χ1v) is 4.78. The van der Waals surface area contributed by atoms with Crippen molar-refractivity contribution >= 4 is 5.78 Å². The van der Waals surface area contributed by atoms with E-state index < -0.39 is 0 Å². The molecule has 0 aliphatic heterocycles. The smallest absolute Gasteiger partial charge is 0.162 e. The molecular formula is C11H11N3O2. The van der Waals surface area contributed by atoms with Crippen LogP contribution < -0.4 is 4.74 Å². The Labute approximate surface area is 92.7 Å². The summed E-state index contributed by atoms with van der Waals surface area (Å²) in [6.45, 7) is 1.51. The highest BCUT2D eigenvalue weighted by molar-refractivity contribution is 5.97. The summed E-state index contributed by atoms with van der Waals surface area (Å²) in [6.07, 6.45) is 3.12. The molecule has 0 fully saturated rings. The molecule has 16 heavy (non-hydrogen) atoms. The highest BCUT2D eigenvalue weighted by Crippen LogP contribution is 2.20. The van der Waals surface area contributed by atoms with E-state index in [-0.39, 0.29) is 5.78 Å². The third-order valence-electron chi connectivity index (χ3n) is 2.22. The van der Waals surface area contributed by atoms with Gasteiger partial charge in [-0.15, -0.1) is 0 Å². The van der Waals surface area contributed by atoms with Crippen molar-refractivity contribution in [1.29, 1.82) is 0 Å². The average molecular weight is 217 g/mol. The van der Waals surface area contributed by atoms with E-state index in [0.29, 0.717) is 17.0 Å². The monoisotopic (exact) mass is 217 g/mol. The Morgan fingerprint density at radius 2 is 2.00 bits per heavy atom. The third kappa shape index (κ3) is 1.79. The number of hydrogen-bond donors (Lipinski definition) is 0. The van der Waals surface area contributed by atoms with Crippen molar-refractivity contribution in [3.63, 3.8) is 0 Å². The van der Waals surface area contributed by atoms with Gasteiger partial charge in [0.15, 0.2) is 5.78 Å². The molecule has 0 unspecified atom stereocenters. The van der Waals surface area contributed by atoms with E-state index in [2.05, 4.69) is 10.2 Å². The Morgan fingerprint density at radius 3 is 2.56 bits per heavy atom. The first kappa shape index (κ1) is 10.4. The van der Waals surface area contributed by atoms with E-state index >= 15 is 0 Å². The molecule has 2 rings (SSSR count). The summed E-state index contributed by atoms with van der Waals surface area (Å²) in [7, 11) is 1.57. The lowest BCUT2D eigenvalue weighted by Crippen LogP contribution is -2.06. The van der Waals surface area contributed by atoms with E-state index in [4.69, 9.17) is 4.74 Å². The molecule has 2 aromatic rings. The van der Waals surface area contributed by atoms with Crippen molar-refractivity contribution in [2.75, 3.05) is 7.11 Å². The first-order valence-electron chi connectivity index (χ1n) is 4.78. The quantitative estimate of drug-likeness (QED) is 0.731. The molecule has 0 saturated carbocycles. The molecule has 0 aliphatic carbocycles. The number of benzene rings is 1. The zero-order valence-electron chi connectivity index (χ0n) is 9.04. The molecule has 82 valence electrons. The second-order valence-electron chi connectivity index (χ2n) is 3.26. The van der Waals surface area contributed by atoms with Crippen molar-refractivity contribution in [3.05, 3.63) is 36.2 Å². The summed E-state index contributed by atoms with van der Waals surface area (Å²) in [4.78, 5) is 12.9. The molecule has 0 spiro atoms. The van der Waals surface area contributed by atoms with Crippen LogP contribution in [0.1, 0.15) is 17.3 Å². The fraction of sp³-hybridized carbons (Fsp3) is 0.182. The van der Waals surface area contributed by atoms with Crippen LogP contribution in [0.25, 0.3) is 5.69 Å². The van der Waals surface area contributed by atoms with Crippen molar-refractivity contribution in [3.8, 4) is 11.4 Å². The average Bonchev–Trinajstić information content (AvgIpc) is 2.81. The fourth-order valence-corrected chi connectivity index (χ4v) is 1.44. The van der Waals surface area contributed by atoms with Crippen LogP contribution in [-0.4, -0.2) is 27.9 Å². The molecule has 1 heterocycles. The standard InChI is InChI=1S/C11H11N3O2/c1-8(15)10-4-3-9(16-2)7-11(10)14-12-5-6-13-14/h3-7H,1-2H3. The van der Waals surface area contributed by atoms with E-state index in [1.165, 1.54) is 11.7 Å². The molecule has 0 N–H and O–H groups in total. The lowest BCUT2D eigenvalue weighted by atomic mass is 10.1. The number of Topliss-reactive ketones (excluding diaryl/α,β-unsaturated/α-hetero) is 1. The maximum Gasteiger partial charge on any atom is 0.162 e. The minimum atomic E-state index is -0.0325. The van der Waals surface area contributed by atoms with Gasteiger partial charge < -0.3 is 4.74 Å². The van der Waals surface area contributed by atoms with Crippen LogP contribution in [-0.2, 0) is 0 Å². The molecule has 0 radical (unpaired) electrons. The number of nitrogens with zero attached hydrogens (tertiary/aromatic N) is 3. The molecule has 0 atom stereocenters. The minimum absolute atomic E-state index is 0.0325. The third-order valence-corrected chi connectivity index (χ3v) is 2.22. The summed E-state index contributed by atoms with van der Waals surface area (Å²) < 4.78 is 5.11. The number of ether oxygens (including phenoxy) is 1. The van der Waals surface area contributed by atoms with Crippen molar-refractivity contribution in [2.45, 2.75) is 6.92 Å². The number of ketones is 1. The summed E-state index contributed by atoms with van der Waals surface area (Å²) in [5.41, 5.74) is 1.19. The van der Waals surface area contributed by atoms with Crippen LogP contribution in [0.3, 0.4) is 0 Å². The van der Waals surface area contributed by atoms with Gasteiger partial charge in [-0.05, 0) is 19.1 Å². The fourth-order valence-electron chi connectivity index (χ4n) is 1.44. The molecule has 1 aromatic carbocycles. The second kappa shape index (κ2) is 4.14. The van der Waals surface area contributed by atoms with Gasteiger partial charge in [0.1, 0.15) is 11.4 Å². The van der Waals surface area contributed by atoms with Crippen LogP contribution in [0.15, 0.2) is 30.6 Å². The minimum Gasteiger partial charge on any atom is -0.497 e. The molecular weight excluding hydrogens is 206 g/mol. The van der Waals surface area contributed by atoms with E-state index in [9.17, 15) is 4.79 Å². The van der Waals surface area contributed by atoms with E-state index in [0.717, 1.165) is 0 Å². The molecule has 5 nitrogen and oxygen atoms in total. The van der Waals surface area contributed by atoms with Gasteiger partial charge >= 0.3 is 0 Å². The van der Waals surface area contributed by atoms with Gasteiger partial charge in [-0.2, -0.15) is 15.0 Å². The SMILES string of the molecule is COc1ccc(C(C)=O)c(-n2nccn2)c1. The number of carbonyl (C=O) groups excluding carboxylic acids is 1. The molecule has 0 aliphatic rings. The molecule has 0 saturated heterocycles. The van der Waals surface area contributed by atoms with Crippen LogP contribution in [0, 0.1) is 0 Å². The molecule has 5 heteroatoms. The topological polar surface area (TPSA) is 57.0 Å². The predicted octanol–water partition coefficient (Wildman–Crippen LogP) is 1.48. The highest BCUT2D eigenvalue weighted by Gasteiger charge is 2.11. The predicted molar refractivity (Wildman–Crippen MR) is 57.9 cm³/mol. The Morgan fingerprint density at radius 1 is 1.31 bits per heavy atom. The number of rotatable bonds is 3. The van der Waals surface area contributed by atoms with Crippen molar-refractivity contribution in [1.82, 2.24) is 15.0 Å². The maximum atomic E-state index is 11.5. The largest absolute Gasteiger partial charge is 0.497 e. The zero-order chi connectivity index (χ0) is 11.5. The van der Waals surface area contributed by atoms with Gasteiger partial charge in [-0.1, -0.05) is 0 Å². The molecule has 0 bridgehead atoms. The van der Waals surface area contributed by atoms with Crippen LogP contribution >= 0.6 is 0 Å². The van der Waals surface area contributed by atoms with Gasteiger partial charge in [-0.25, -0.2) is 0 Å². The normalized spacial score (nSPS) is 10.1. The Kier molecular flexibility index (Phi) is 2.68. The van der Waals surface area contributed by atoms with Crippen LogP contribution in [0.4, 0.5) is 0 Å². The number of methoxy groups -OCH3 is 1. The zero-order valence-corrected chi connectivity index (χ0v) is 9.04. The van der Waals surface area contributed by atoms with E-state index in [1.807, 2.05) is 0 Å². The van der Waals surface area contributed by atoms with Crippen LogP contribution in [0.5, 0.6) is 5.75 Å². The van der Waals surface area contributed by atoms with Gasteiger partial charge in [0.2, 0.25) is 0 Å². The van der Waals surface area contributed by atoms with Gasteiger partial charge in [-0.3, -0.25) is 4.79 Å². The van der Waals surface area contributed by atoms with Crippen LogP contribution in [0.2, 0.25) is 0 Å². The summed E-state index contributed by atoms with van der Waals surface area (Å²) >= 11 is 0. The molecule has 0 amide bonds. The van der Waals surface area contributed by atoms with Crippen molar-refractivity contribution in [2.24, 2.45) is 0 Å². The first-order chi connectivity index (χ1) is 7.72. The van der Waals surface area contributed by atoms with Gasteiger partial charge in [0.05, 0.1) is 19.5 Å². The molecule has 1 aromatic heterocycles. The second-order valence-corrected chi connectivity index (χ2v) is 3.26. The van der Waals surface area contributed by atoms with Crippen molar-refractivity contribution < 1.29 is 9.53 Å². The Balaban J connectivity index is 2.59. The lowest BCUT2D eigenvalue weighted by Gasteiger charge is -2.07. The lowest BCUT2D eigenvalue weighted by molar-refractivity contribution is 0.101. The number of hydrogen-bond acceptors (Lipinski definition) is 4. The van der Waals surface area contributed by atoms with Gasteiger partial charge in [0, 0.05) is 11.6 Å². The maximum absolute atomic E-state index is 11.5. The van der Waals surface area contributed by atoms with Gasteiger partial charge in [0.25, 0.3) is 0 Å².